The molecule has 3 aliphatic heterocycles. The van der Waals surface area contributed by atoms with Crippen LogP contribution in [0.1, 0.15) is 37.7 Å². The highest BCUT2D eigenvalue weighted by molar-refractivity contribution is 5.79. The Hall–Kier alpha value is -1.53. The van der Waals surface area contributed by atoms with Crippen molar-refractivity contribution in [2.75, 3.05) is 32.7 Å². The Bertz CT molecular complexity index is 667. The van der Waals surface area contributed by atoms with E-state index in [0.29, 0.717) is 24.6 Å². The molecule has 4 nitrogen and oxygen atoms in total. The van der Waals surface area contributed by atoms with Gasteiger partial charge in [-0.25, -0.2) is 8.78 Å². The van der Waals surface area contributed by atoms with Crippen molar-refractivity contribution in [3.8, 4) is 0 Å². The zero-order valence-corrected chi connectivity index (χ0v) is 15.1. The highest BCUT2D eigenvalue weighted by atomic mass is 19.2. The summed E-state index contributed by atoms with van der Waals surface area (Å²) in [6.07, 6.45) is 5.19. The third-order valence-electron chi connectivity index (χ3n) is 6.41. The number of carbonyl (C=O) groups is 1. The number of rotatable bonds is 3. The number of amides is 1. The predicted octanol–water partition coefficient (Wildman–Crippen LogP) is 2.53. The number of likely N-dealkylation sites (tertiary alicyclic amines) is 2. The van der Waals surface area contributed by atoms with Crippen LogP contribution >= 0.6 is 0 Å². The molecular weight excluding hydrogens is 336 g/mol. The Labute approximate surface area is 153 Å². The molecular formula is C20H27F2N3O. The van der Waals surface area contributed by atoms with Crippen LogP contribution in [0.15, 0.2) is 18.2 Å². The summed E-state index contributed by atoms with van der Waals surface area (Å²) in [6, 6.07) is 4.54. The third kappa shape index (κ3) is 3.62. The summed E-state index contributed by atoms with van der Waals surface area (Å²) in [5.41, 5.74) is 0.717. The van der Waals surface area contributed by atoms with Gasteiger partial charge in [-0.3, -0.25) is 9.69 Å². The van der Waals surface area contributed by atoms with Gasteiger partial charge in [-0.1, -0.05) is 6.07 Å². The lowest BCUT2D eigenvalue weighted by atomic mass is 9.77. The van der Waals surface area contributed by atoms with Gasteiger partial charge in [-0.05, 0) is 68.4 Å². The Morgan fingerprint density at radius 3 is 2.69 bits per heavy atom. The average molecular weight is 363 g/mol. The second-order valence-corrected chi connectivity index (χ2v) is 8.21. The van der Waals surface area contributed by atoms with Gasteiger partial charge in [-0.2, -0.15) is 0 Å². The van der Waals surface area contributed by atoms with Crippen LogP contribution in [0.5, 0.6) is 0 Å². The molecule has 1 atom stereocenters. The molecule has 3 heterocycles. The van der Waals surface area contributed by atoms with Crippen LogP contribution in [0.3, 0.4) is 0 Å². The van der Waals surface area contributed by atoms with Gasteiger partial charge in [-0.15, -0.1) is 0 Å². The van der Waals surface area contributed by atoms with Gasteiger partial charge in [0.1, 0.15) is 0 Å². The lowest BCUT2D eigenvalue weighted by molar-refractivity contribution is -0.128. The number of nitrogens with zero attached hydrogens (tertiary/aromatic N) is 2. The summed E-state index contributed by atoms with van der Waals surface area (Å²) >= 11 is 0. The molecule has 0 unspecified atom stereocenters. The molecule has 0 bridgehead atoms. The molecule has 0 radical (unpaired) electrons. The molecule has 0 aliphatic carbocycles. The van der Waals surface area contributed by atoms with E-state index in [-0.39, 0.29) is 11.3 Å². The van der Waals surface area contributed by atoms with Crippen molar-refractivity contribution >= 4 is 5.91 Å². The summed E-state index contributed by atoms with van der Waals surface area (Å²) in [7, 11) is 0. The molecule has 0 aromatic heterocycles. The smallest absolute Gasteiger partial charge is 0.223 e. The van der Waals surface area contributed by atoms with Crippen molar-refractivity contribution in [2.24, 2.45) is 5.41 Å². The van der Waals surface area contributed by atoms with E-state index in [1.54, 1.807) is 6.07 Å². The first-order valence-electron chi connectivity index (χ1n) is 9.71. The topological polar surface area (TPSA) is 35.6 Å². The van der Waals surface area contributed by atoms with E-state index in [1.807, 2.05) is 4.90 Å². The Balaban J connectivity index is 1.36. The Morgan fingerprint density at radius 1 is 1.19 bits per heavy atom. The molecule has 3 fully saturated rings. The number of piperidine rings is 2. The Kier molecular flexibility index (Phi) is 4.97. The van der Waals surface area contributed by atoms with Crippen molar-refractivity contribution in [1.82, 2.24) is 15.1 Å². The maximum atomic E-state index is 13.4. The molecule has 26 heavy (non-hydrogen) atoms. The lowest BCUT2D eigenvalue weighted by Gasteiger charge is -2.43. The van der Waals surface area contributed by atoms with E-state index in [0.717, 1.165) is 51.6 Å². The van der Waals surface area contributed by atoms with E-state index >= 15 is 0 Å². The molecule has 1 aromatic carbocycles. The van der Waals surface area contributed by atoms with Crippen molar-refractivity contribution in [2.45, 2.75) is 44.7 Å². The van der Waals surface area contributed by atoms with Gasteiger partial charge in [0.15, 0.2) is 11.6 Å². The summed E-state index contributed by atoms with van der Waals surface area (Å²) in [4.78, 5) is 16.9. The average Bonchev–Trinajstić information content (AvgIpc) is 2.94. The summed E-state index contributed by atoms with van der Waals surface area (Å²) in [6.45, 7) is 5.42. The first-order chi connectivity index (χ1) is 12.5. The van der Waals surface area contributed by atoms with Crippen LogP contribution in [0.2, 0.25) is 0 Å². The maximum absolute atomic E-state index is 13.4. The SMILES string of the molecule is O=C1CC2(CCN([C@H]3CCCNC3)CC2)CN1Cc1ccc(F)c(F)c1. The molecule has 4 rings (SSSR count). The summed E-state index contributed by atoms with van der Waals surface area (Å²) in [5.74, 6) is -1.55. The standard InChI is InChI=1S/C20H27F2N3O/c21-17-4-3-15(10-18(17)22)13-25-14-20(11-19(25)26)5-8-24(9-6-20)16-2-1-7-23-12-16/h3-4,10,16,23H,1-2,5-9,11-14H2/t16-/m0/s1. The molecule has 3 aliphatic rings. The molecule has 1 spiro atoms. The van der Waals surface area contributed by atoms with E-state index in [1.165, 1.54) is 18.9 Å². The van der Waals surface area contributed by atoms with E-state index in [4.69, 9.17) is 0 Å². The fourth-order valence-corrected chi connectivity index (χ4v) is 4.83. The zero-order chi connectivity index (χ0) is 18.1. The van der Waals surface area contributed by atoms with Crippen LogP contribution < -0.4 is 5.32 Å². The van der Waals surface area contributed by atoms with E-state index < -0.39 is 11.6 Å². The van der Waals surface area contributed by atoms with Crippen molar-refractivity contribution in [1.29, 1.82) is 0 Å². The second-order valence-electron chi connectivity index (χ2n) is 8.21. The third-order valence-corrected chi connectivity index (χ3v) is 6.41. The minimum absolute atomic E-state index is 0.0637. The van der Waals surface area contributed by atoms with Crippen LogP contribution in [-0.4, -0.2) is 54.5 Å². The molecule has 6 heteroatoms. The van der Waals surface area contributed by atoms with Gasteiger partial charge >= 0.3 is 0 Å². The first kappa shape index (κ1) is 17.9. The number of carbonyl (C=O) groups excluding carboxylic acids is 1. The minimum Gasteiger partial charge on any atom is -0.338 e. The predicted molar refractivity (Wildman–Crippen MR) is 95.5 cm³/mol. The number of benzene rings is 1. The van der Waals surface area contributed by atoms with Crippen LogP contribution in [0.25, 0.3) is 0 Å². The largest absolute Gasteiger partial charge is 0.338 e. The first-order valence-corrected chi connectivity index (χ1v) is 9.71. The fourth-order valence-electron chi connectivity index (χ4n) is 4.83. The summed E-state index contributed by atoms with van der Waals surface area (Å²) in [5, 5.41) is 3.48. The van der Waals surface area contributed by atoms with Crippen molar-refractivity contribution in [3.05, 3.63) is 35.4 Å². The highest BCUT2D eigenvalue weighted by Gasteiger charge is 2.45. The number of halogens is 2. The van der Waals surface area contributed by atoms with Crippen LogP contribution in [0.4, 0.5) is 8.78 Å². The quantitative estimate of drug-likeness (QED) is 0.896. The van der Waals surface area contributed by atoms with Gasteiger partial charge in [0.2, 0.25) is 5.91 Å². The van der Waals surface area contributed by atoms with Crippen molar-refractivity contribution in [3.63, 3.8) is 0 Å². The molecule has 1 amide bonds. The molecule has 3 saturated heterocycles. The van der Waals surface area contributed by atoms with Crippen LogP contribution in [-0.2, 0) is 11.3 Å². The maximum Gasteiger partial charge on any atom is 0.223 e. The monoisotopic (exact) mass is 363 g/mol. The number of hydrogen-bond donors (Lipinski definition) is 1. The van der Waals surface area contributed by atoms with Crippen LogP contribution in [0, 0.1) is 17.0 Å². The van der Waals surface area contributed by atoms with Crippen molar-refractivity contribution < 1.29 is 13.6 Å². The molecule has 0 saturated carbocycles. The fraction of sp³-hybridized carbons (Fsp3) is 0.650. The van der Waals surface area contributed by atoms with Gasteiger partial charge < -0.3 is 10.2 Å². The summed E-state index contributed by atoms with van der Waals surface area (Å²) < 4.78 is 26.5. The number of nitrogens with one attached hydrogen (secondary N) is 1. The Morgan fingerprint density at radius 2 is 2.00 bits per heavy atom. The van der Waals surface area contributed by atoms with Gasteiger partial charge in [0.05, 0.1) is 0 Å². The molecule has 142 valence electrons. The molecule has 1 aromatic rings. The number of hydrogen-bond acceptors (Lipinski definition) is 3. The zero-order valence-electron chi connectivity index (χ0n) is 15.1. The highest BCUT2D eigenvalue weighted by Crippen LogP contribution is 2.42. The normalized spacial score (nSPS) is 26.6. The molecule has 1 N–H and O–H groups in total. The van der Waals surface area contributed by atoms with E-state index in [9.17, 15) is 13.6 Å². The second kappa shape index (κ2) is 7.24. The van der Waals surface area contributed by atoms with Gasteiger partial charge in [0, 0.05) is 32.1 Å². The lowest BCUT2D eigenvalue weighted by Crippen LogP contribution is -2.51. The van der Waals surface area contributed by atoms with Gasteiger partial charge in [0.25, 0.3) is 0 Å². The minimum atomic E-state index is -0.849. The van der Waals surface area contributed by atoms with E-state index in [2.05, 4.69) is 10.2 Å².